The average Bonchev–Trinajstić information content (AvgIpc) is 1.60. The fraction of sp³-hybridized carbons (Fsp3) is 1.00. The standard InChI is InChI=1S/C6H10Cl2F2/c1-4(2)5(9)3-6(7,8)10/h4-5H,3H2,1-2H3. The molecule has 0 aliphatic carbocycles. The second-order valence-corrected chi connectivity index (χ2v) is 3.97. The molecule has 0 aromatic heterocycles. The highest BCUT2D eigenvalue weighted by atomic mass is 35.5. The number of hydrogen-bond acceptors (Lipinski definition) is 0. The Bertz CT molecular complexity index is 98.4. The molecule has 4 heteroatoms. The maximum atomic E-state index is 12.6. The lowest BCUT2D eigenvalue weighted by Gasteiger charge is -2.15. The van der Waals surface area contributed by atoms with Gasteiger partial charge in [-0.05, 0) is 5.92 Å². The van der Waals surface area contributed by atoms with Crippen LogP contribution in [-0.4, -0.2) is 10.8 Å². The van der Waals surface area contributed by atoms with Gasteiger partial charge in [0.2, 0.25) is 0 Å². The van der Waals surface area contributed by atoms with E-state index >= 15 is 0 Å². The molecule has 0 heterocycles. The van der Waals surface area contributed by atoms with E-state index in [0.717, 1.165) is 0 Å². The summed E-state index contributed by atoms with van der Waals surface area (Å²) in [6, 6.07) is 0. The molecule has 0 rings (SSSR count). The minimum absolute atomic E-state index is 0.243. The maximum Gasteiger partial charge on any atom is 0.260 e. The topological polar surface area (TPSA) is 0 Å². The van der Waals surface area contributed by atoms with Crippen molar-refractivity contribution in [3.63, 3.8) is 0 Å². The van der Waals surface area contributed by atoms with Crippen molar-refractivity contribution in [1.82, 2.24) is 0 Å². The number of rotatable bonds is 3. The number of alkyl halides is 4. The van der Waals surface area contributed by atoms with E-state index in [-0.39, 0.29) is 5.92 Å². The summed E-state index contributed by atoms with van der Waals surface area (Å²) in [5, 5.41) is 0. The van der Waals surface area contributed by atoms with E-state index in [2.05, 4.69) is 0 Å². The Labute approximate surface area is 69.5 Å². The molecule has 62 valence electrons. The van der Waals surface area contributed by atoms with E-state index in [9.17, 15) is 8.78 Å². The summed E-state index contributed by atoms with van der Waals surface area (Å²) in [6.45, 7) is 3.29. The van der Waals surface area contributed by atoms with Crippen LogP contribution in [-0.2, 0) is 0 Å². The zero-order chi connectivity index (χ0) is 8.36. The van der Waals surface area contributed by atoms with Crippen LogP contribution in [0.2, 0.25) is 0 Å². The second-order valence-electron chi connectivity index (χ2n) is 2.58. The molecule has 0 aliphatic rings. The monoisotopic (exact) mass is 190 g/mol. The van der Waals surface area contributed by atoms with Gasteiger partial charge in [-0.3, -0.25) is 0 Å². The van der Waals surface area contributed by atoms with Crippen LogP contribution >= 0.6 is 23.2 Å². The Kier molecular flexibility index (Phi) is 3.89. The first kappa shape index (κ1) is 10.4. The maximum absolute atomic E-state index is 12.6. The van der Waals surface area contributed by atoms with Crippen molar-refractivity contribution < 1.29 is 8.78 Å². The van der Waals surface area contributed by atoms with Gasteiger partial charge in [0.1, 0.15) is 6.17 Å². The van der Waals surface area contributed by atoms with Crippen molar-refractivity contribution in [2.45, 2.75) is 31.0 Å². The van der Waals surface area contributed by atoms with E-state index in [0.29, 0.717) is 0 Å². The van der Waals surface area contributed by atoms with Crippen LogP contribution in [0.5, 0.6) is 0 Å². The fourth-order valence-electron chi connectivity index (χ4n) is 0.457. The second kappa shape index (κ2) is 3.72. The lowest BCUT2D eigenvalue weighted by molar-refractivity contribution is 0.194. The summed E-state index contributed by atoms with van der Waals surface area (Å²) < 4.78 is 22.5. The summed E-state index contributed by atoms with van der Waals surface area (Å²) >= 11 is 9.86. The van der Waals surface area contributed by atoms with Crippen LogP contribution in [0.4, 0.5) is 8.78 Å². The fourth-order valence-corrected chi connectivity index (χ4v) is 0.752. The van der Waals surface area contributed by atoms with E-state index in [1.807, 2.05) is 0 Å². The third-order valence-corrected chi connectivity index (χ3v) is 1.46. The Morgan fingerprint density at radius 1 is 1.40 bits per heavy atom. The van der Waals surface area contributed by atoms with Gasteiger partial charge in [-0.15, -0.1) is 0 Å². The minimum Gasteiger partial charge on any atom is -0.247 e. The molecule has 0 bridgehead atoms. The summed E-state index contributed by atoms with van der Waals surface area (Å²) in [5.41, 5.74) is 0. The Morgan fingerprint density at radius 3 is 1.90 bits per heavy atom. The highest BCUT2D eigenvalue weighted by Crippen LogP contribution is 2.31. The molecule has 0 spiro atoms. The van der Waals surface area contributed by atoms with Crippen LogP contribution in [0.1, 0.15) is 20.3 Å². The van der Waals surface area contributed by atoms with Gasteiger partial charge in [0.05, 0.1) is 0 Å². The molecule has 0 aromatic carbocycles. The molecule has 0 nitrogen and oxygen atoms in total. The molecule has 0 N–H and O–H groups in total. The Morgan fingerprint density at radius 2 is 1.80 bits per heavy atom. The van der Waals surface area contributed by atoms with Gasteiger partial charge < -0.3 is 0 Å². The van der Waals surface area contributed by atoms with E-state index in [1.165, 1.54) is 0 Å². The highest BCUT2D eigenvalue weighted by molar-refractivity contribution is 6.47. The van der Waals surface area contributed by atoms with Gasteiger partial charge in [-0.1, -0.05) is 37.0 Å². The summed E-state index contributed by atoms with van der Waals surface area (Å²) in [4.78, 5) is 0. The van der Waals surface area contributed by atoms with Gasteiger partial charge in [0.15, 0.2) is 0 Å². The Hall–Kier alpha value is 0.440. The lowest BCUT2D eigenvalue weighted by atomic mass is 10.1. The summed E-state index contributed by atoms with van der Waals surface area (Å²) in [7, 11) is 0. The predicted molar refractivity (Wildman–Crippen MR) is 39.9 cm³/mol. The van der Waals surface area contributed by atoms with Gasteiger partial charge in [0, 0.05) is 6.42 Å². The molecule has 1 unspecified atom stereocenters. The summed E-state index contributed by atoms with van der Waals surface area (Å²) in [6.07, 6.45) is -1.74. The van der Waals surface area contributed by atoms with E-state index < -0.39 is 17.2 Å². The van der Waals surface area contributed by atoms with Crippen LogP contribution in [0.3, 0.4) is 0 Å². The van der Waals surface area contributed by atoms with Crippen LogP contribution in [0, 0.1) is 5.92 Å². The van der Waals surface area contributed by atoms with Gasteiger partial charge in [0.25, 0.3) is 4.59 Å². The zero-order valence-corrected chi connectivity index (χ0v) is 7.39. The first-order valence-electron chi connectivity index (χ1n) is 3.04. The number of hydrogen-bond donors (Lipinski definition) is 0. The van der Waals surface area contributed by atoms with Crippen molar-refractivity contribution in [1.29, 1.82) is 0 Å². The largest absolute Gasteiger partial charge is 0.260 e. The molecule has 0 amide bonds. The molecule has 0 aromatic rings. The molecule has 0 saturated heterocycles. The molecular weight excluding hydrogens is 181 g/mol. The molecule has 0 aliphatic heterocycles. The molecular formula is C6H10Cl2F2. The molecule has 10 heavy (non-hydrogen) atoms. The minimum atomic E-state index is -2.43. The number of halogens is 4. The van der Waals surface area contributed by atoms with Crippen molar-refractivity contribution >= 4 is 23.2 Å². The Balaban J connectivity index is 3.68. The van der Waals surface area contributed by atoms with E-state index in [1.54, 1.807) is 13.8 Å². The molecule has 1 atom stereocenters. The highest BCUT2D eigenvalue weighted by Gasteiger charge is 2.28. The smallest absolute Gasteiger partial charge is 0.247 e. The van der Waals surface area contributed by atoms with Crippen molar-refractivity contribution in [2.24, 2.45) is 5.92 Å². The first-order valence-corrected chi connectivity index (χ1v) is 3.79. The molecule has 0 radical (unpaired) electrons. The SMILES string of the molecule is CC(C)C(F)CC(F)(Cl)Cl. The third-order valence-electron chi connectivity index (χ3n) is 1.15. The van der Waals surface area contributed by atoms with Crippen molar-refractivity contribution in [3.05, 3.63) is 0 Å². The van der Waals surface area contributed by atoms with Crippen molar-refractivity contribution in [3.8, 4) is 0 Å². The lowest BCUT2D eigenvalue weighted by Crippen LogP contribution is -2.18. The third kappa shape index (κ3) is 5.24. The first-order chi connectivity index (χ1) is 4.33. The molecule has 0 fully saturated rings. The quantitative estimate of drug-likeness (QED) is 0.599. The van der Waals surface area contributed by atoms with Gasteiger partial charge in [-0.25, -0.2) is 8.78 Å². The van der Waals surface area contributed by atoms with Gasteiger partial charge in [-0.2, -0.15) is 0 Å². The van der Waals surface area contributed by atoms with Crippen molar-refractivity contribution in [2.75, 3.05) is 0 Å². The normalized spacial score (nSPS) is 15.9. The summed E-state index contributed by atoms with van der Waals surface area (Å²) in [5.74, 6) is -0.243. The van der Waals surface area contributed by atoms with Crippen LogP contribution < -0.4 is 0 Å². The van der Waals surface area contributed by atoms with E-state index in [4.69, 9.17) is 23.2 Å². The average molecular weight is 191 g/mol. The van der Waals surface area contributed by atoms with Crippen LogP contribution in [0.15, 0.2) is 0 Å². The van der Waals surface area contributed by atoms with Crippen LogP contribution in [0.25, 0.3) is 0 Å². The zero-order valence-electron chi connectivity index (χ0n) is 5.87. The predicted octanol–water partition coefficient (Wildman–Crippen LogP) is 3.47. The molecule has 0 saturated carbocycles. The van der Waals surface area contributed by atoms with Gasteiger partial charge >= 0.3 is 0 Å².